The molecule has 0 bridgehead atoms. The molecule has 0 radical (unpaired) electrons. The van der Waals surface area contributed by atoms with Crippen LogP contribution < -0.4 is 14.8 Å². The zero-order chi connectivity index (χ0) is 20.6. The van der Waals surface area contributed by atoms with Crippen LogP contribution in [0.25, 0.3) is 0 Å². The van der Waals surface area contributed by atoms with Gasteiger partial charge in [-0.2, -0.15) is 0 Å². The highest BCUT2D eigenvalue weighted by atomic mass is 32.2. The maximum absolute atomic E-state index is 12.2. The first-order valence-corrected chi connectivity index (χ1v) is 11.0. The van der Waals surface area contributed by atoms with E-state index in [2.05, 4.69) is 10.0 Å². The molecule has 0 saturated carbocycles. The molecule has 2 N–H and O–H groups in total. The van der Waals surface area contributed by atoms with Crippen molar-refractivity contribution in [2.45, 2.75) is 44.9 Å². The Hall–Kier alpha value is -2.38. The lowest BCUT2D eigenvalue weighted by Gasteiger charge is -2.13. The third-order valence-electron chi connectivity index (χ3n) is 4.33. The Kier molecular flexibility index (Phi) is 8.02. The second-order valence-electron chi connectivity index (χ2n) is 6.52. The Balaban J connectivity index is 1.94. The van der Waals surface area contributed by atoms with E-state index >= 15 is 0 Å². The number of sulfonamides is 1. The van der Waals surface area contributed by atoms with Gasteiger partial charge in [-0.15, -0.1) is 0 Å². The molecule has 6 nitrogen and oxygen atoms in total. The van der Waals surface area contributed by atoms with E-state index in [0.29, 0.717) is 12.3 Å². The van der Waals surface area contributed by atoms with E-state index < -0.39 is 10.0 Å². The third kappa shape index (κ3) is 6.07. The number of carbonyl (C=O) groups is 1. The number of benzene rings is 2. The van der Waals surface area contributed by atoms with Gasteiger partial charge in [-0.1, -0.05) is 38.5 Å². The van der Waals surface area contributed by atoms with Gasteiger partial charge in [-0.05, 0) is 55.2 Å². The second kappa shape index (κ2) is 10.2. The lowest BCUT2D eigenvalue weighted by atomic mass is 10.1. The lowest BCUT2D eigenvalue weighted by molar-refractivity contribution is -0.118. The molecule has 0 fully saturated rings. The minimum absolute atomic E-state index is 0.154. The number of para-hydroxylation sites is 1. The molecule has 0 aliphatic rings. The summed E-state index contributed by atoms with van der Waals surface area (Å²) in [5.74, 6) is 0.171. The summed E-state index contributed by atoms with van der Waals surface area (Å²) < 4.78 is 32.4. The Labute approximate surface area is 167 Å². The van der Waals surface area contributed by atoms with Crippen LogP contribution in [0.5, 0.6) is 5.75 Å². The van der Waals surface area contributed by atoms with Gasteiger partial charge in [0.25, 0.3) is 5.91 Å². The van der Waals surface area contributed by atoms with E-state index in [1.807, 2.05) is 39.0 Å². The van der Waals surface area contributed by atoms with Crippen LogP contribution in [0.15, 0.2) is 47.4 Å². The van der Waals surface area contributed by atoms with E-state index in [-0.39, 0.29) is 17.4 Å². The summed E-state index contributed by atoms with van der Waals surface area (Å²) in [6, 6.07) is 11.9. The summed E-state index contributed by atoms with van der Waals surface area (Å²) in [5.41, 5.74) is 2.88. The van der Waals surface area contributed by atoms with Gasteiger partial charge in [-0.3, -0.25) is 4.79 Å². The second-order valence-corrected chi connectivity index (χ2v) is 8.29. The van der Waals surface area contributed by atoms with Crippen molar-refractivity contribution in [1.29, 1.82) is 0 Å². The molecule has 152 valence electrons. The van der Waals surface area contributed by atoms with Gasteiger partial charge in [-0.25, -0.2) is 13.1 Å². The zero-order valence-electron chi connectivity index (χ0n) is 16.6. The number of ether oxygens (including phenoxy) is 1. The van der Waals surface area contributed by atoms with E-state index in [1.54, 1.807) is 12.1 Å². The summed E-state index contributed by atoms with van der Waals surface area (Å²) in [6.07, 6.45) is 2.52. The van der Waals surface area contributed by atoms with Crippen molar-refractivity contribution in [3.63, 3.8) is 0 Å². The normalized spacial score (nSPS) is 11.2. The molecule has 2 aromatic carbocycles. The predicted molar refractivity (Wildman–Crippen MR) is 111 cm³/mol. The van der Waals surface area contributed by atoms with Crippen molar-refractivity contribution in [2.75, 3.05) is 18.5 Å². The highest BCUT2D eigenvalue weighted by Gasteiger charge is 2.14. The van der Waals surface area contributed by atoms with Crippen LogP contribution >= 0.6 is 0 Å². The topological polar surface area (TPSA) is 84.5 Å². The molecule has 0 spiro atoms. The molecule has 2 rings (SSSR count). The van der Waals surface area contributed by atoms with Crippen LogP contribution in [-0.4, -0.2) is 27.5 Å². The summed E-state index contributed by atoms with van der Waals surface area (Å²) >= 11 is 0. The molecule has 0 saturated heterocycles. The standard InChI is InChI=1S/C21H28N2O4S/c1-4-6-14-22-28(25,26)19-12-10-18(11-13-19)27-15-20(24)23-21-16(3)8-7-9-17(21)5-2/h7-13,22H,4-6,14-15H2,1-3H3,(H,23,24). The van der Waals surface area contributed by atoms with Crippen LogP contribution in [-0.2, 0) is 21.2 Å². The lowest BCUT2D eigenvalue weighted by Crippen LogP contribution is -2.24. The number of hydrogen-bond donors (Lipinski definition) is 2. The van der Waals surface area contributed by atoms with Gasteiger partial charge in [0.15, 0.2) is 6.61 Å². The van der Waals surface area contributed by atoms with Crippen molar-refractivity contribution in [3.8, 4) is 5.75 Å². The fraction of sp³-hybridized carbons (Fsp3) is 0.381. The number of aryl methyl sites for hydroxylation is 2. The predicted octanol–water partition coefficient (Wildman–Crippen LogP) is 3.65. The average Bonchev–Trinajstić information content (AvgIpc) is 2.68. The quantitative estimate of drug-likeness (QED) is 0.592. The highest BCUT2D eigenvalue weighted by molar-refractivity contribution is 7.89. The molecule has 0 aromatic heterocycles. The minimum atomic E-state index is -3.52. The van der Waals surface area contributed by atoms with E-state index in [1.165, 1.54) is 12.1 Å². The first kappa shape index (κ1) is 21.9. The number of carbonyl (C=O) groups excluding carboxylic acids is 1. The average molecular weight is 405 g/mol. The molecule has 28 heavy (non-hydrogen) atoms. The Morgan fingerprint density at radius 2 is 1.79 bits per heavy atom. The first-order valence-electron chi connectivity index (χ1n) is 9.48. The zero-order valence-corrected chi connectivity index (χ0v) is 17.4. The van der Waals surface area contributed by atoms with Gasteiger partial charge < -0.3 is 10.1 Å². The number of nitrogens with one attached hydrogen (secondary N) is 2. The molecule has 0 unspecified atom stereocenters. The van der Waals surface area contributed by atoms with Crippen LogP contribution in [0, 0.1) is 6.92 Å². The SMILES string of the molecule is CCCCNS(=O)(=O)c1ccc(OCC(=O)Nc2c(C)cccc2CC)cc1. The maximum Gasteiger partial charge on any atom is 0.262 e. The first-order chi connectivity index (χ1) is 13.4. The van der Waals surface area contributed by atoms with Crippen molar-refractivity contribution in [3.05, 3.63) is 53.6 Å². The number of anilines is 1. The van der Waals surface area contributed by atoms with Crippen LogP contribution in [0.1, 0.15) is 37.8 Å². The fourth-order valence-corrected chi connectivity index (χ4v) is 3.78. The molecule has 2 aromatic rings. The summed E-state index contributed by atoms with van der Waals surface area (Å²) in [5, 5.41) is 2.89. The molecular formula is C21H28N2O4S. The van der Waals surface area contributed by atoms with Gasteiger partial charge in [0.2, 0.25) is 10.0 Å². The Morgan fingerprint density at radius 1 is 1.07 bits per heavy atom. The van der Waals surface area contributed by atoms with Crippen LogP contribution in [0.2, 0.25) is 0 Å². The molecule has 0 aliphatic carbocycles. The van der Waals surface area contributed by atoms with E-state index in [9.17, 15) is 13.2 Å². The van der Waals surface area contributed by atoms with Gasteiger partial charge in [0.05, 0.1) is 4.90 Å². The monoisotopic (exact) mass is 404 g/mol. The van der Waals surface area contributed by atoms with Crippen LogP contribution in [0.3, 0.4) is 0 Å². The molecule has 0 aliphatic heterocycles. The molecule has 0 atom stereocenters. The van der Waals surface area contributed by atoms with Gasteiger partial charge >= 0.3 is 0 Å². The third-order valence-corrected chi connectivity index (χ3v) is 5.81. The summed E-state index contributed by atoms with van der Waals surface area (Å²) in [7, 11) is -3.52. The van der Waals surface area contributed by atoms with Gasteiger partial charge in [0, 0.05) is 12.2 Å². The highest BCUT2D eigenvalue weighted by Crippen LogP contribution is 2.21. The molecule has 0 heterocycles. The molecule has 7 heteroatoms. The summed E-state index contributed by atoms with van der Waals surface area (Å²) in [4.78, 5) is 12.4. The molecule has 1 amide bonds. The number of amides is 1. The van der Waals surface area contributed by atoms with E-state index in [4.69, 9.17) is 4.74 Å². The fourth-order valence-electron chi connectivity index (χ4n) is 2.71. The number of rotatable bonds is 10. The number of hydrogen-bond acceptors (Lipinski definition) is 4. The minimum Gasteiger partial charge on any atom is -0.484 e. The van der Waals surface area contributed by atoms with Crippen molar-refractivity contribution in [1.82, 2.24) is 4.72 Å². The Bertz CT molecular complexity index is 893. The largest absolute Gasteiger partial charge is 0.484 e. The Morgan fingerprint density at radius 3 is 2.43 bits per heavy atom. The smallest absolute Gasteiger partial charge is 0.262 e. The van der Waals surface area contributed by atoms with Crippen molar-refractivity contribution in [2.24, 2.45) is 0 Å². The van der Waals surface area contributed by atoms with Crippen molar-refractivity contribution < 1.29 is 17.9 Å². The van der Waals surface area contributed by atoms with Gasteiger partial charge in [0.1, 0.15) is 5.75 Å². The van der Waals surface area contributed by atoms with Crippen molar-refractivity contribution >= 4 is 21.6 Å². The molecular weight excluding hydrogens is 376 g/mol. The summed E-state index contributed by atoms with van der Waals surface area (Å²) in [6.45, 7) is 6.24. The number of unbranched alkanes of at least 4 members (excludes halogenated alkanes) is 1. The van der Waals surface area contributed by atoms with E-state index in [0.717, 1.165) is 36.1 Å². The van der Waals surface area contributed by atoms with Crippen LogP contribution in [0.4, 0.5) is 5.69 Å². The maximum atomic E-state index is 12.2.